The lowest BCUT2D eigenvalue weighted by Crippen LogP contribution is -2.29. The Bertz CT molecular complexity index is 1190. The van der Waals surface area contributed by atoms with E-state index in [0.717, 1.165) is 29.7 Å². The van der Waals surface area contributed by atoms with Crippen LogP contribution < -0.4 is 10.5 Å². The Balaban J connectivity index is 1.41. The minimum absolute atomic E-state index is 0.154. The van der Waals surface area contributed by atoms with Gasteiger partial charge in [0.05, 0.1) is 17.5 Å². The molecule has 0 saturated heterocycles. The summed E-state index contributed by atoms with van der Waals surface area (Å²) in [6.07, 6.45) is 4.35. The quantitative estimate of drug-likeness (QED) is 0.563. The highest BCUT2D eigenvalue weighted by Gasteiger charge is 2.37. The summed E-state index contributed by atoms with van der Waals surface area (Å²) in [5, 5.41) is 19.6. The van der Waals surface area contributed by atoms with Crippen molar-refractivity contribution in [3.05, 3.63) is 54.0 Å². The third-order valence-corrected chi connectivity index (χ3v) is 6.57. The van der Waals surface area contributed by atoms with Gasteiger partial charge >= 0.3 is 10.3 Å². The maximum Gasteiger partial charge on any atom is 0.333 e. The summed E-state index contributed by atoms with van der Waals surface area (Å²) < 4.78 is 29.3. The van der Waals surface area contributed by atoms with Gasteiger partial charge in [0.2, 0.25) is 0 Å². The molecule has 0 amide bonds. The van der Waals surface area contributed by atoms with E-state index in [0.29, 0.717) is 12.8 Å². The number of anilines is 1. The minimum Gasteiger partial charge on any atom is -0.390 e. The standard InChI is InChI=1S/C20H23N5O4S/c21-30(27,28)29-18-10-13(9-17(18)26)25-8-7-15-19(22-11-23-20(15)25)24-16-6-5-12-3-1-2-4-14(12)16/h1-4,7-8,11,13,16-18,26H,5-6,9-10H2,(H2,21,27,28)(H,22,23,24)/t13-,16-,17-,18+/m0/s1. The summed E-state index contributed by atoms with van der Waals surface area (Å²) in [6, 6.07) is 10.4. The van der Waals surface area contributed by atoms with Crippen LogP contribution in [0.1, 0.15) is 42.5 Å². The molecule has 0 bridgehead atoms. The zero-order valence-corrected chi connectivity index (χ0v) is 17.0. The lowest BCUT2D eigenvalue weighted by Gasteiger charge is -2.16. The van der Waals surface area contributed by atoms with Crippen molar-refractivity contribution >= 4 is 27.2 Å². The van der Waals surface area contributed by atoms with Gasteiger partial charge < -0.3 is 15.0 Å². The molecule has 10 heteroatoms. The first-order valence-corrected chi connectivity index (χ1v) is 11.4. The van der Waals surface area contributed by atoms with Crippen LogP contribution in [0.4, 0.5) is 5.82 Å². The fraction of sp³-hybridized carbons (Fsp3) is 0.400. The van der Waals surface area contributed by atoms with Crippen LogP contribution in [0.2, 0.25) is 0 Å². The molecule has 30 heavy (non-hydrogen) atoms. The lowest BCUT2D eigenvalue weighted by atomic mass is 10.1. The van der Waals surface area contributed by atoms with Crippen molar-refractivity contribution in [3.63, 3.8) is 0 Å². The van der Waals surface area contributed by atoms with Crippen LogP contribution in [0.3, 0.4) is 0 Å². The van der Waals surface area contributed by atoms with Gasteiger partial charge in [0, 0.05) is 12.2 Å². The predicted molar refractivity (Wildman–Crippen MR) is 111 cm³/mol. The number of hydrogen-bond acceptors (Lipinski definition) is 7. The molecule has 158 valence electrons. The first kappa shape index (κ1) is 19.4. The number of nitrogens with zero attached hydrogens (tertiary/aromatic N) is 3. The van der Waals surface area contributed by atoms with Crippen LogP contribution in [0.25, 0.3) is 11.0 Å². The maximum absolute atomic E-state index is 11.2. The average Bonchev–Trinajstić information content (AvgIpc) is 3.39. The van der Waals surface area contributed by atoms with E-state index < -0.39 is 22.5 Å². The fourth-order valence-corrected chi connectivity index (χ4v) is 5.26. The molecule has 3 aromatic rings. The van der Waals surface area contributed by atoms with Crippen LogP contribution in [0.15, 0.2) is 42.9 Å². The molecule has 2 aromatic heterocycles. The van der Waals surface area contributed by atoms with Crippen molar-refractivity contribution in [2.75, 3.05) is 5.32 Å². The second-order valence-corrected chi connectivity index (χ2v) is 9.12. The smallest absolute Gasteiger partial charge is 0.333 e. The number of rotatable bonds is 5. The monoisotopic (exact) mass is 429 g/mol. The molecular weight excluding hydrogens is 406 g/mol. The molecule has 0 radical (unpaired) electrons. The van der Waals surface area contributed by atoms with Crippen LogP contribution in [0.5, 0.6) is 0 Å². The zero-order chi connectivity index (χ0) is 20.9. The summed E-state index contributed by atoms with van der Waals surface area (Å²) in [5.74, 6) is 0.760. The van der Waals surface area contributed by atoms with Gasteiger partial charge in [-0.1, -0.05) is 24.3 Å². The van der Waals surface area contributed by atoms with Crippen LogP contribution >= 0.6 is 0 Å². The largest absolute Gasteiger partial charge is 0.390 e. The molecule has 0 aliphatic heterocycles. The van der Waals surface area contributed by atoms with Gasteiger partial charge in [0.1, 0.15) is 23.9 Å². The predicted octanol–water partition coefficient (Wildman–Crippen LogP) is 1.82. The Morgan fingerprint density at radius 1 is 1.20 bits per heavy atom. The van der Waals surface area contributed by atoms with E-state index >= 15 is 0 Å². The van der Waals surface area contributed by atoms with Gasteiger partial charge in [-0.15, -0.1) is 0 Å². The number of aromatic nitrogens is 3. The van der Waals surface area contributed by atoms with E-state index in [1.165, 1.54) is 17.5 Å². The number of fused-ring (bicyclic) bond motifs is 2. The highest BCUT2D eigenvalue weighted by Crippen LogP contribution is 2.38. The fourth-order valence-electron chi connectivity index (χ4n) is 4.71. The Morgan fingerprint density at radius 3 is 2.87 bits per heavy atom. The van der Waals surface area contributed by atoms with Gasteiger partial charge in [-0.3, -0.25) is 4.18 Å². The molecule has 1 aromatic carbocycles. The van der Waals surface area contributed by atoms with Crippen LogP contribution in [0, 0.1) is 0 Å². The highest BCUT2D eigenvalue weighted by molar-refractivity contribution is 7.84. The minimum atomic E-state index is -4.12. The van der Waals surface area contributed by atoms with Gasteiger partial charge in [-0.05, 0) is 42.9 Å². The van der Waals surface area contributed by atoms with Crippen molar-refractivity contribution < 1.29 is 17.7 Å². The topological polar surface area (TPSA) is 132 Å². The lowest BCUT2D eigenvalue weighted by molar-refractivity contribution is 0.0645. The van der Waals surface area contributed by atoms with E-state index in [1.807, 2.05) is 16.8 Å². The number of benzene rings is 1. The maximum atomic E-state index is 11.2. The summed E-state index contributed by atoms with van der Waals surface area (Å²) in [5.41, 5.74) is 3.39. The molecule has 2 aliphatic rings. The number of aliphatic hydroxyl groups excluding tert-OH is 1. The van der Waals surface area contributed by atoms with Crippen molar-refractivity contribution in [1.82, 2.24) is 14.5 Å². The molecule has 2 heterocycles. The van der Waals surface area contributed by atoms with Crippen molar-refractivity contribution in [3.8, 4) is 0 Å². The SMILES string of the molecule is NS(=O)(=O)O[C@@H]1C[C@@H](n2ccc3c(N[C@H]4CCc5ccccc54)ncnc32)C[C@@H]1O. The summed E-state index contributed by atoms with van der Waals surface area (Å²) >= 11 is 0. The average molecular weight is 430 g/mol. The molecule has 1 fully saturated rings. The van der Waals surface area contributed by atoms with E-state index in [4.69, 9.17) is 9.32 Å². The Kier molecular flexibility index (Phi) is 4.73. The van der Waals surface area contributed by atoms with Crippen molar-refractivity contribution in [2.24, 2.45) is 5.14 Å². The zero-order valence-electron chi connectivity index (χ0n) is 16.2. The molecule has 0 unspecified atom stereocenters. The number of nitrogens with one attached hydrogen (secondary N) is 1. The molecule has 9 nitrogen and oxygen atoms in total. The van der Waals surface area contributed by atoms with Crippen molar-refractivity contribution in [1.29, 1.82) is 0 Å². The Hall–Kier alpha value is -2.53. The molecule has 1 saturated carbocycles. The van der Waals surface area contributed by atoms with Crippen LogP contribution in [-0.2, 0) is 20.9 Å². The van der Waals surface area contributed by atoms with Crippen LogP contribution in [-0.4, -0.2) is 40.3 Å². The normalized spacial score (nSPS) is 26.2. The van der Waals surface area contributed by atoms with Gasteiger partial charge in [0.15, 0.2) is 0 Å². The summed E-state index contributed by atoms with van der Waals surface area (Å²) in [6.45, 7) is 0. The Morgan fingerprint density at radius 2 is 2.03 bits per heavy atom. The summed E-state index contributed by atoms with van der Waals surface area (Å²) in [7, 11) is -4.12. The molecule has 4 atom stereocenters. The van der Waals surface area contributed by atoms with E-state index in [-0.39, 0.29) is 12.1 Å². The number of hydrogen-bond donors (Lipinski definition) is 3. The highest BCUT2D eigenvalue weighted by atomic mass is 32.2. The number of aryl methyl sites for hydroxylation is 1. The third-order valence-electron chi connectivity index (χ3n) is 6.05. The van der Waals surface area contributed by atoms with Crippen molar-refractivity contribution in [2.45, 2.75) is 50.0 Å². The third kappa shape index (κ3) is 3.56. The summed E-state index contributed by atoms with van der Waals surface area (Å²) in [4.78, 5) is 8.89. The molecule has 5 rings (SSSR count). The van der Waals surface area contributed by atoms with Gasteiger partial charge in [-0.25, -0.2) is 15.1 Å². The first-order valence-electron chi connectivity index (χ1n) is 9.94. The van der Waals surface area contributed by atoms with E-state index in [1.54, 1.807) is 0 Å². The number of nitrogens with two attached hydrogens (primary N) is 1. The Labute approximate surface area is 174 Å². The second-order valence-electron chi connectivity index (χ2n) is 7.94. The van der Waals surface area contributed by atoms with E-state index in [9.17, 15) is 13.5 Å². The molecular formula is C20H23N5O4S. The molecule has 2 aliphatic carbocycles. The molecule has 4 N–H and O–H groups in total. The van der Waals surface area contributed by atoms with Gasteiger partial charge in [-0.2, -0.15) is 8.42 Å². The first-order chi connectivity index (χ1) is 14.4. The van der Waals surface area contributed by atoms with Gasteiger partial charge in [0.25, 0.3) is 0 Å². The number of aliphatic hydroxyl groups is 1. The van der Waals surface area contributed by atoms with E-state index in [2.05, 4.69) is 39.6 Å². The second kappa shape index (κ2) is 7.31. The molecule has 0 spiro atoms.